The van der Waals surface area contributed by atoms with Gasteiger partial charge in [-0.2, -0.15) is 5.10 Å². The molecule has 2 aromatic rings. The van der Waals surface area contributed by atoms with Gasteiger partial charge in [-0.15, -0.1) is 0 Å². The molecule has 0 aliphatic carbocycles. The largest absolute Gasteiger partial charge is 0.316 e. The molecule has 2 rings (SSSR count). The Morgan fingerprint density at radius 2 is 2.16 bits per heavy atom. The van der Waals surface area contributed by atoms with Gasteiger partial charge in [0.2, 0.25) is 0 Å². The number of rotatable bonds is 5. The second kappa shape index (κ2) is 6.22. The minimum Gasteiger partial charge on any atom is -0.316 e. The number of benzene rings is 1. The number of hydrogen-bond donors (Lipinski definition) is 1. The fourth-order valence-corrected chi connectivity index (χ4v) is 2.49. The lowest BCUT2D eigenvalue weighted by Gasteiger charge is -2.07. The molecule has 4 heteroatoms. The zero-order valence-electron chi connectivity index (χ0n) is 11.7. The number of aryl methyl sites for hydroxylation is 2. The van der Waals surface area contributed by atoms with Crippen molar-refractivity contribution in [2.24, 2.45) is 7.05 Å². The predicted octanol–water partition coefficient (Wildman–Crippen LogP) is 3.41. The van der Waals surface area contributed by atoms with E-state index in [1.807, 2.05) is 24.8 Å². The highest BCUT2D eigenvalue weighted by atomic mass is 35.5. The lowest BCUT2D eigenvalue weighted by Crippen LogP contribution is -2.05. The van der Waals surface area contributed by atoms with E-state index in [0.717, 1.165) is 41.2 Å². The minimum atomic E-state index is 0.786. The van der Waals surface area contributed by atoms with Crippen LogP contribution in [0.15, 0.2) is 24.4 Å². The van der Waals surface area contributed by atoms with Crippen molar-refractivity contribution in [3.63, 3.8) is 0 Å². The van der Waals surface area contributed by atoms with Gasteiger partial charge in [0.05, 0.1) is 5.69 Å². The highest BCUT2D eigenvalue weighted by Crippen LogP contribution is 2.28. The monoisotopic (exact) mass is 277 g/mol. The molecular weight excluding hydrogens is 258 g/mol. The summed E-state index contributed by atoms with van der Waals surface area (Å²) in [6.07, 6.45) is 4.15. The zero-order valence-corrected chi connectivity index (χ0v) is 12.5. The maximum absolute atomic E-state index is 6.33. The van der Waals surface area contributed by atoms with Gasteiger partial charge < -0.3 is 5.32 Å². The van der Waals surface area contributed by atoms with Crippen LogP contribution in [0.3, 0.4) is 0 Å². The predicted molar refractivity (Wildman–Crippen MR) is 80.4 cm³/mol. The normalized spacial score (nSPS) is 10.9. The van der Waals surface area contributed by atoms with E-state index in [1.54, 1.807) is 0 Å². The molecule has 0 saturated heterocycles. The molecule has 3 nitrogen and oxygen atoms in total. The standard InChI is InChI=1S/C15H20ClN3/c1-4-5-15-13(10-19(3)18-15)11-6-7-12(9-17-2)14(16)8-11/h6-8,10,17H,4-5,9H2,1-3H3. The molecule has 0 amide bonds. The van der Waals surface area contributed by atoms with Gasteiger partial charge in [-0.3, -0.25) is 4.68 Å². The minimum absolute atomic E-state index is 0.786. The van der Waals surface area contributed by atoms with Crippen molar-refractivity contribution >= 4 is 11.6 Å². The fraction of sp³-hybridized carbons (Fsp3) is 0.400. The van der Waals surface area contributed by atoms with Crippen LogP contribution >= 0.6 is 11.6 Å². The molecule has 1 aromatic carbocycles. The number of hydrogen-bond acceptors (Lipinski definition) is 2. The third-order valence-corrected chi connectivity index (χ3v) is 3.48. The molecule has 102 valence electrons. The molecule has 1 aromatic heterocycles. The Labute approximate surface area is 119 Å². The Balaban J connectivity index is 2.38. The summed E-state index contributed by atoms with van der Waals surface area (Å²) in [6, 6.07) is 6.23. The van der Waals surface area contributed by atoms with Crippen molar-refractivity contribution in [3.8, 4) is 11.1 Å². The molecular formula is C15H20ClN3. The van der Waals surface area contributed by atoms with Crippen molar-refractivity contribution in [3.05, 3.63) is 40.7 Å². The van der Waals surface area contributed by atoms with Crippen molar-refractivity contribution in [1.82, 2.24) is 15.1 Å². The number of aromatic nitrogens is 2. The van der Waals surface area contributed by atoms with E-state index in [0.29, 0.717) is 0 Å². The summed E-state index contributed by atoms with van der Waals surface area (Å²) in [5.41, 5.74) is 4.58. The van der Waals surface area contributed by atoms with Crippen LogP contribution in [0.5, 0.6) is 0 Å². The van der Waals surface area contributed by atoms with Crippen LogP contribution in [0.1, 0.15) is 24.6 Å². The van der Waals surface area contributed by atoms with Crippen molar-refractivity contribution in [2.75, 3.05) is 7.05 Å². The summed E-state index contributed by atoms with van der Waals surface area (Å²) in [5.74, 6) is 0. The van der Waals surface area contributed by atoms with E-state index < -0.39 is 0 Å². The highest BCUT2D eigenvalue weighted by molar-refractivity contribution is 6.31. The lowest BCUT2D eigenvalue weighted by atomic mass is 10.0. The summed E-state index contributed by atoms with van der Waals surface area (Å²) in [4.78, 5) is 0. The van der Waals surface area contributed by atoms with Crippen LogP contribution in [0.4, 0.5) is 0 Å². The molecule has 0 spiro atoms. The van der Waals surface area contributed by atoms with Gasteiger partial charge in [0, 0.05) is 30.4 Å². The summed E-state index contributed by atoms with van der Waals surface area (Å²) in [5, 5.41) is 8.45. The number of halogens is 1. The fourth-order valence-electron chi connectivity index (χ4n) is 2.25. The smallest absolute Gasteiger partial charge is 0.0702 e. The quantitative estimate of drug-likeness (QED) is 0.908. The Hall–Kier alpha value is -1.32. The van der Waals surface area contributed by atoms with Crippen LogP contribution < -0.4 is 5.32 Å². The van der Waals surface area contributed by atoms with Crippen LogP contribution in [0.25, 0.3) is 11.1 Å². The molecule has 0 bridgehead atoms. The molecule has 0 unspecified atom stereocenters. The van der Waals surface area contributed by atoms with Gasteiger partial charge in [-0.1, -0.05) is 37.1 Å². The van der Waals surface area contributed by atoms with E-state index in [-0.39, 0.29) is 0 Å². The van der Waals surface area contributed by atoms with Crippen LogP contribution in [0, 0.1) is 0 Å². The van der Waals surface area contributed by atoms with E-state index in [1.165, 1.54) is 5.56 Å². The molecule has 0 atom stereocenters. The summed E-state index contributed by atoms with van der Waals surface area (Å²) in [6.45, 7) is 2.95. The highest BCUT2D eigenvalue weighted by Gasteiger charge is 2.10. The lowest BCUT2D eigenvalue weighted by molar-refractivity contribution is 0.733. The second-order valence-electron chi connectivity index (χ2n) is 4.75. The molecule has 0 fully saturated rings. The second-order valence-corrected chi connectivity index (χ2v) is 5.16. The number of nitrogens with one attached hydrogen (secondary N) is 1. The molecule has 0 saturated carbocycles. The van der Waals surface area contributed by atoms with Gasteiger partial charge in [0.15, 0.2) is 0 Å². The number of nitrogens with zero attached hydrogens (tertiary/aromatic N) is 2. The Morgan fingerprint density at radius 1 is 1.37 bits per heavy atom. The maximum atomic E-state index is 6.33. The van der Waals surface area contributed by atoms with E-state index in [4.69, 9.17) is 11.6 Å². The molecule has 0 aliphatic rings. The van der Waals surface area contributed by atoms with Gasteiger partial charge in [-0.25, -0.2) is 0 Å². The Morgan fingerprint density at radius 3 is 2.79 bits per heavy atom. The van der Waals surface area contributed by atoms with Crippen LogP contribution in [-0.2, 0) is 20.0 Å². The van der Waals surface area contributed by atoms with Gasteiger partial charge in [-0.05, 0) is 30.7 Å². The van der Waals surface area contributed by atoms with E-state index in [9.17, 15) is 0 Å². The van der Waals surface area contributed by atoms with Crippen LogP contribution in [-0.4, -0.2) is 16.8 Å². The van der Waals surface area contributed by atoms with E-state index in [2.05, 4.69) is 35.7 Å². The Bertz CT molecular complexity index is 561. The SMILES string of the molecule is CCCc1nn(C)cc1-c1ccc(CNC)c(Cl)c1. The molecule has 1 heterocycles. The first-order valence-electron chi connectivity index (χ1n) is 6.61. The first kappa shape index (κ1) is 14.1. The van der Waals surface area contributed by atoms with Crippen molar-refractivity contribution in [2.45, 2.75) is 26.3 Å². The summed E-state index contributed by atoms with van der Waals surface area (Å²) in [7, 11) is 3.88. The van der Waals surface area contributed by atoms with Gasteiger partial charge in [0.25, 0.3) is 0 Å². The molecule has 19 heavy (non-hydrogen) atoms. The third kappa shape index (κ3) is 3.17. The van der Waals surface area contributed by atoms with E-state index >= 15 is 0 Å². The summed E-state index contributed by atoms with van der Waals surface area (Å²) < 4.78 is 1.87. The van der Waals surface area contributed by atoms with Crippen molar-refractivity contribution in [1.29, 1.82) is 0 Å². The molecule has 0 radical (unpaired) electrons. The average molecular weight is 278 g/mol. The van der Waals surface area contributed by atoms with Gasteiger partial charge >= 0.3 is 0 Å². The molecule has 0 aliphatic heterocycles. The van der Waals surface area contributed by atoms with Gasteiger partial charge in [0.1, 0.15) is 0 Å². The molecule has 1 N–H and O–H groups in total. The first-order chi connectivity index (χ1) is 9.15. The van der Waals surface area contributed by atoms with Crippen LogP contribution in [0.2, 0.25) is 5.02 Å². The topological polar surface area (TPSA) is 29.9 Å². The zero-order chi connectivity index (χ0) is 13.8. The first-order valence-corrected chi connectivity index (χ1v) is 6.99. The maximum Gasteiger partial charge on any atom is 0.0702 e. The Kier molecular flexibility index (Phi) is 4.61. The average Bonchev–Trinajstić information content (AvgIpc) is 2.74. The summed E-state index contributed by atoms with van der Waals surface area (Å²) >= 11 is 6.33. The third-order valence-electron chi connectivity index (χ3n) is 3.12. The van der Waals surface area contributed by atoms with Crippen molar-refractivity contribution < 1.29 is 0 Å².